The van der Waals surface area contributed by atoms with E-state index in [0.717, 1.165) is 0 Å². The van der Waals surface area contributed by atoms with E-state index in [9.17, 15) is 0 Å². The van der Waals surface area contributed by atoms with Crippen molar-refractivity contribution >= 4 is 16.3 Å². The van der Waals surface area contributed by atoms with Gasteiger partial charge in [0.25, 0.3) is 0 Å². The van der Waals surface area contributed by atoms with Gasteiger partial charge in [0.2, 0.25) is 0 Å². The second-order valence-corrected chi connectivity index (χ2v) is 2.04. The summed E-state index contributed by atoms with van der Waals surface area (Å²) in [6.45, 7) is 4.08. The van der Waals surface area contributed by atoms with Gasteiger partial charge < -0.3 is 24.8 Å². The summed E-state index contributed by atoms with van der Waals surface area (Å²) < 4.78 is 0. The molecular formula is C8H12AlCl2N. The average Bonchev–Trinajstić information content (AvgIpc) is 1.91. The Balaban J connectivity index is -0.000000189. The van der Waals surface area contributed by atoms with Gasteiger partial charge in [0.15, 0.2) is 0 Å². The van der Waals surface area contributed by atoms with E-state index in [1.165, 1.54) is 11.1 Å². The summed E-state index contributed by atoms with van der Waals surface area (Å²) in [5.74, 6) is 1.92. The number of nitrogens with zero attached hydrogens (tertiary/aromatic N) is 1. The molecule has 1 rings (SSSR count). The molecule has 0 amide bonds. The smallest absolute Gasteiger partial charge is 1.00 e. The number of hydrogen-bond donors (Lipinski definition) is 0. The summed E-state index contributed by atoms with van der Waals surface area (Å²) in [6.07, 6.45) is 3.71. The molecule has 0 radical (unpaired) electrons. The topological polar surface area (TPSA) is 12.9 Å². The summed E-state index contributed by atoms with van der Waals surface area (Å²) in [4.78, 5) is 3.98. The molecule has 0 fully saturated rings. The van der Waals surface area contributed by atoms with Crippen molar-refractivity contribution in [3.63, 3.8) is 0 Å². The van der Waals surface area contributed by atoms with Crippen molar-refractivity contribution in [3.05, 3.63) is 29.6 Å². The van der Waals surface area contributed by atoms with Crippen LogP contribution in [0.25, 0.3) is 0 Å². The van der Waals surface area contributed by atoms with Gasteiger partial charge in [-0.25, -0.2) is 0 Å². The third kappa shape index (κ3) is 8.36. The van der Waals surface area contributed by atoms with Crippen LogP contribution in [0.3, 0.4) is 0 Å². The van der Waals surface area contributed by atoms with Crippen molar-refractivity contribution in [2.45, 2.75) is 19.6 Å². The molecule has 1 aromatic heterocycles. The van der Waals surface area contributed by atoms with Crippen molar-refractivity contribution in [1.29, 1.82) is 0 Å². The molecule has 0 aliphatic carbocycles. The van der Waals surface area contributed by atoms with Crippen molar-refractivity contribution in [3.8, 4) is 0 Å². The standard InChI is InChI=1S/C7H9N.CH3.Al.2ClH/c1-6-3-7(2)5-8-4-6;;;;/h3-5H,1-2H3;1H3;;2*1H/q;;+2;;/p-2. The Morgan fingerprint density at radius 1 is 1.00 bits per heavy atom. The van der Waals surface area contributed by atoms with Crippen LogP contribution in [0.2, 0.25) is 5.79 Å². The van der Waals surface area contributed by atoms with Gasteiger partial charge in [0, 0.05) is 12.4 Å². The van der Waals surface area contributed by atoms with E-state index in [0.29, 0.717) is 0 Å². The molecule has 1 aromatic rings. The van der Waals surface area contributed by atoms with E-state index in [2.05, 4.69) is 27.3 Å². The zero-order valence-corrected chi connectivity index (χ0v) is 10.2. The Morgan fingerprint density at radius 2 is 1.33 bits per heavy atom. The third-order valence-electron chi connectivity index (χ3n) is 1.01. The summed E-state index contributed by atoms with van der Waals surface area (Å²) in [7, 11) is 0. The predicted molar refractivity (Wildman–Crippen MR) is 45.3 cm³/mol. The fourth-order valence-electron chi connectivity index (χ4n) is 0.706. The molecular weight excluding hydrogens is 208 g/mol. The first-order chi connectivity index (χ1) is 4.79. The Morgan fingerprint density at radius 3 is 1.50 bits per heavy atom. The maximum Gasteiger partial charge on any atom is -1.00 e. The van der Waals surface area contributed by atoms with E-state index in [-0.39, 0.29) is 24.8 Å². The van der Waals surface area contributed by atoms with Gasteiger partial charge in [-0.1, -0.05) is 6.07 Å². The summed E-state index contributed by atoms with van der Waals surface area (Å²) in [5, 5.41) is 0. The predicted octanol–water partition coefficient (Wildman–Crippen LogP) is -4.09. The summed E-state index contributed by atoms with van der Waals surface area (Å²) in [6, 6.07) is 2.10. The van der Waals surface area contributed by atoms with Crippen LogP contribution >= 0.6 is 0 Å². The Hall–Kier alpha value is 0.262. The Bertz CT molecular complexity index is 177. The Labute approximate surface area is 95.2 Å². The van der Waals surface area contributed by atoms with Crippen LogP contribution in [0.5, 0.6) is 0 Å². The van der Waals surface area contributed by atoms with Gasteiger partial charge >= 0.3 is 22.1 Å². The second-order valence-electron chi connectivity index (χ2n) is 2.04. The average molecular weight is 220 g/mol. The maximum atomic E-state index is 3.98. The van der Waals surface area contributed by atoms with Gasteiger partial charge in [-0.3, -0.25) is 4.98 Å². The normalized spacial score (nSPS) is 6.75. The molecule has 0 aliphatic heterocycles. The van der Waals surface area contributed by atoms with Crippen LogP contribution in [-0.4, -0.2) is 21.3 Å². The molecule has 1 heterocycles. The van der Waals surface area contributed by atoms with Crippen molar-refractivity contribution in [1.82, 2.24) is 4.98 Å². The van der Waals surface area contributed by atoms with Crippen LogP contribution in [0.1, 0.15) is 11.1 Å². The van der Waals surface area contributed by atoms with Crippen LogP contribution in [0.4, 0.5) is 0 Å². The fourth-order valence-corrected chi connectivity index (χ4v) is 0.706. The van der Waals surface area contributed by atoms with Crippen molar-refractivity contribution in [2.75, 3.05) is 0 Å². The first-order valence-corrected chi connectivity index (χ1v) is 4.40. The first kappa shape index (κ1) is 18.1. The van der Waals surface area contributed by atoms with Crippen LogP contribution in [-0.2, 0) is 0 Å². The molecule has 0 saturated carbocycles. The minimum absolute atomic E-state index is 0. The molecule has 0 N–H and O–H groups in total. The third-order valence-corrected chi connectivity index (χ3v) is 1.01. The Kier molecular flexibility index (Phi) is 17.0. The molecule has 12 heavy (non-hydrogen) atoms. The monoisotopic (exact) mass is 219 g/mol. The summed E-state index contributed by atoms with van der Waals surface area (Å²) in [5.41, 5.74) is 2.45. The molecule has 0 bridgehead atoms. The first-order valence-electron chi connectivity index (χ1n) is 3.25. The number of pyridine rings is 1. The van der Waals surface area contributed by atoms with Gasteiger partial charge in [-0.05, 0) is 25.0 Å². The molecule has 0 spiro atoms. The van der Waals surface area contributed by atoms with Gasteiger partial charge in [0.1, 0.15) is 0 Å². The number of hydrogen-bond acceptors (Lipinski definition) is 1. The van der Waals surface area contributed by atoms with Crippen LogP contribution < -0.4 is 24.8 Å². The zero-order chi connectivity index (χ0) is 7.98. The minimum Gasteiger partial charge on any atom is -1.00 e. The minimum atomic E-state index is 0. The van der Waals surface area contributed by atoms with Crippen molar-refractivity contribution in [2.24, 2.45) is 0 Å². The van der Waals surface area contributed by atoms with E-state index in [1.807, 2.05) is 32.0 Å². The molecule has 0 aliphatic rings. The molecule has 0 atom stereocenters. The number of aryl methyl sites for hydroxylation is 2. The number of rotatable bonds is 0. The molecule has 1 nitrogen and oxygen atoms in total. The van der Waals surface area contributed by atoms with Crippen molar-refractivity contribution < 1.29 is 24.8 Å². The summed E-state index contributed by atoms with van der Waals surface area (Å²) >= 11 is 2.42. The zero-order valence-electron chi connectivity index (χ0n) is 7.51. The van der Waals surface area contributed by atoms with E-state index < -0.39 is 0 Å². The van der Waals surface area contributed by atoms with Gasteiger partial charge in [-0.15, -0.1) is 0 Å². The van der Waals surface area contributed by atoms with E-state index in [4.69, 9.17) is 0 Å². The second kappa shape index (κ2) is 11.3. The molecule has 0 aromatic carbocycles. The molecule has 4 heteroatoms. The molecule has 0 unspecified atom stereocenters. The van der Waals surface area contributed by atoms with Crippen LogP contribution in [0.15, 0.2) is 18.5 Å². The maximum absolute atomic E-state index is 3.98. The fraction of sp³-hybridized carbons (Fsp3) is 0.375. The van der Waals surface area contributed by atoms with E-state index in [1.54, 1.807) is 0 Å². The SMILES string of the molecule is Cc1cncc(C)c1.[CH3][Al+2].[Cl-].[Cl-]. The number of aromatic nitrogens is 1. The van der Waals surface area contributed by atoms with Gasteiger partial charge in [-0.2, -0.15) is 0 Å². The number of halogens is 2. The van der Waals surface area contributed by atoms with E-state index >= 15 is 0 Å². The molecule has 0 saturated heterocycles. The van der Waals surface area contributed by atoms with Gasteiger partial charge in [0.05, 0.1) is 0 Å². The quantitative estimate of drug-likeness (QED) is 0.405. The van der Waals surface area contributed by atoms with Crippen LogP contribution in [0, 0.1) is 13.8 Å². The largest absolute Gasteiger partial charge is 1.00 e. The molecule has 66 valence electrons.